The number of carbonyl (C=O) groups excluding carboxylic acids is 2. The molecule has 2 N–H and O–H groups in total. The van der Waals surface area contributed by atoms with E-state index in [4.69, 9.17) is 16.3 Å². The van der Waals surface area contributed by atoms with Crippen molar-refractivity contribution < 1.29 is 14.3 Å². The highest BCUT2D eigenvalue weighted by Crippen LogP contribution is 2.27. The van der Waals surface area contributed by atoms with Crippen LogP contribution in [0.2, 0.25) is 5.02 Å². The Kier molecular flexibility index (Phi) is 7.55. The van der Waals surface area contributed by atoms with Crippen LogP contribution in [0, 0.1) is 0 Å². The normalized spacial score (nSPS) is 15.0. The maximum Gasteiger partial charge on any atom is 0.276 e. The van der Waals surface area contributed by atoms with E-state index in [9.17, 15) is 9.59 Å². The molecule has 2 rings (SSSR count). The van der Waals surface area contributed by atoms with E-state index in [0.29, 0.717) is 21.8 Å². The van der Waals surface area contributed by atoms with Crippen LogP contribution in [-0.4, -0.2) is 29.4 Å². The Hall–Kier alpha value is -1.40. The number of benzene rings is 1. The molecule has 0 aromatic heterocycles. The van der Waals surface area contributed by atoms with Crippen molar-refractivity contribution in [2.45, 2.75) is 37.4 Å². The average molecular weight is 357 g/mol. The Bertz CT molecular complexity index is 519. The third-order valence-corrected chi connectivity index (χ3v) is 5.15. The van der Waals surface area contributed by atoms with Gasteiger partial charge in [0.05, 0.1) is 5.75 Å². The Labute approximate surface area is 145 Å². The third kappa shape index (κ3) is 7.14. The van der Waals surface area contributed by atoms with Crippen LogP contribution in [0.4, 0.5) is 0 Å². The van der Waals surface area contributed by atoms with E-state index in [1.165, 1.54) is 32.1 Å². The number of hydrogen-bond donors (Lipinski definition) is 2. The van der Waals surface area contributed by atoms with Crippen LogP contribution in [-0.2, 0) is 9.59 Å². The highest BCUT2D eigenvalue weighted by molar-refractivity contribution is 8.00. The molecule has 0 bridgehead atoms. The van der Waals surface area contributed by atoms with Crippen LogP contribution < -0.4 is 15.6 Å². The molecule has 1 aromatic rings. The summed E-state index contributed by atoms with van der Waals surface area (Å²) >= 11 is 7.42. The highest BCUT2D eigenvalue weighted by atomic mass is 35.5. The first kappa shape index (κ1) is 17.9. The minimum Gasteiger partial charge on any atom is -0.484 e. The molecule has 1 saturated carbocycles. The van der Waals surface area contributed by atoms with Crippen LogP contribution in [0.5, 0.6) is 5.75 Å². The molecule has 126 valence electrons. The summed E-state index contributed by atoms with van der Waals surface area (Å²) in [7, 11) is 0. The summed E-state index contributed by atoms with van der Waals surface area (Å²) in [6.07, 6.45) is 6.15. The number of halogens is 1. The molecule has 1 fully saturated rings. The van der Waals surface area contributed by atoms with Gasteiger partial charge in [-0.2, -0.15) is 0 Å². The Morgan fingerprint density at radius 2 is 1.74 bits per heavy atom. The predicted octanol–water partition coefficient (Wildman–Crippen LogP) is 2.93. The Balaban J connectivity index is 1.57. The van der Waals surface area contributed by atoms with E-state index in [2.05, 4.69) is 10.9 Å². The summed E-state index contributed by atoms with van der Waals surface area (Å²) in [4.78, 5) is 23.3. The maximum absolute atomic E-state index is 11.7. The molecule has 0 spiro atoms. The second-order valence-corrected chi connectivity index (χ2v) is 7.14. The van der Waals surface area contributed by atoms with Gasteiger partial charge in [0.25, 0.3) is 5.91 Å². The smallest absolute Gasteiger partial charge is 0.276 e. The van der Waals surface area contributed by atoms with Crippen molar-refractivity contribution in [1.29, 1.82) is 0 Å². The molecular formula is C16H21ClN2O3S. The Morgan fingerprint density at radius 1 is 1.09 bits per heavy atom. The van der Waals surface area contributed by atoms with E-state index >= 15 is 0 Å². The van der Waals surface area contributed by atoms with E-state index < -0.39 is 5.91 Å². The summed E-state index contributed by atoms with van der Waals surface area (Å²) in [5.74, 6) is 0.309. The van der Waals surface area contributed by atoms with Crippen LogP contribution in [0.3, 0.4) is 0 Å². The Morgan fingerprint density at radius 3 is 2.43 bits per heavy atom. The molecule has 1 aliphatic rings. The van der Waals surface area contributed by atoms with Gasteiger partial charge in [-0.05, 0) is 37.1 Å². The van der Waals surface area contributed by atoms with Crippen molar-refractivity contribution >= 4 is 35.2 Å². The van der Waals surface area contributed by atoms with Gasteiger partial charge in [0.2, 0.25) is 5.91 Å². The largest absolute Gasteiger partial charge is 0.484 e. The minimum atomic E-state index is -0.407. The molecule has 23 heavy (non-hydrogen) atoms. The van der Waals surface area contributed by atoms with Gasteiger partial charge in [-0.25, -0.2) is 0 Å². The maximum atomic E-state index is 11.7. The quantitative estimate of drug-likeness (QED) is 0.769. The lowest BCUT2D eigenvalue weighted by Gasteiger charge is -2.20. The number of hydrogen-bond acceptors (Lipinski definition) is 4. The fraction of sp³-hybridized carbons (Fsp3) is 0.500. The van der Waals surface area contributed by atoms with Crippen molar-refractivity contribution in [2.24, 2.45) is 0 Å². The number of hydrazine groups is 1. The number of amides is 2. The molecule has 7 heteroatoms. The lowest BCUT2D eigenvalue weighted by Crippen LogP contribution is -2.44. The summed E-state index contributed by atoms with van der Waals surface area (Å²) in [5.41, 5.74) is 4.76. The van der Waals surface area contributed by atoms with E-state index in [-0.39, 0.29) is 12.5 Å². The molecule has 0 atom stereocenters. The van der Waals surface area contributed by atoms with Crippen molar-refractivity contribution in [3.05, 3.63) is 29.3 Å². The van der Waals surface area contributed by atoms with Gasteiger partial charge in [-0.15, -0.1) is 11.8 Å². The average Bonchev–Trinajstić information content (AvgIpc) is 2.58. The summed E-state index contributed by atoms with van der Waals surface area (Å²) in [5, 5.41) is 1.17. The molecule has 1 aromatic carbocycles. The van der Waals surface area contributed by atoms with Crippen LogP contribution >= 0.6 is 23.4 Å². The fourth-order valence-electron chi connectivity index (χ4n) is 2.32. The van der Waals surface area contributed by atoms with Crippen molar-refractivity contribution in [3.63, 3.8) is 0 Å². The van der Waals surface area contributed by atoms with Gasteiger partial charge in [0.15, 0.2) is 6.61 Å². The van der Waals surface area contributed by atoms with Crippen LogP contribution in [0.15, 0.2) is 24.3 Å². The molecule has 1 aliphatic carbocycles. The number of thioether (sulfide) groups is 1. The van der Waals surface area contributed by atoms with E-state index in [0.717, 1.165) is 0 Å². The van der Waals surface area contributed by atoms with Gasteiger partial charge in [-0.1, -0.05) is 30.9 Å². The van der Waals surface area contributed by atoms with Gasteiger partial charge in [0.1, 0.15) is 5.75 Å². The zero-order chi connectivity index (χ0) is 16.5. The molecule has 0 heterocycles. The topological polar surface area (TPSA) is 67.4 Å². The second-order valence-electron chi connectivity index (χ2n) is 5.41. The number of nitrogens with one attached hydrogen (secondary N) is 2. The SMILES string of the molecule is O=C(COc1ccc(Cl)cc1)NNC(=O)CSC1CCCCC1. The van der Waals surface area contributed by atoms with Gasteiger partial charge in [-0.3, -0.25) is 20.4 Å². The van der Waals surface area contributed by atoms with Gasteiger partial charge >= 0.3 is 0 Å². The van der Waals surface area contributed by atoms with E-state index in [1.54, 1.807) is 36.0 Å². The summed E-state index contributed by atoms with van der Waals surface area (Å²) < 4.78 is 5.28. The van der Waals surface area contributed by atoms with Crippen LogP contribution in [0.1, 0.15) is 32.1 Å². The first-order chi connectivity index (χ1) is 11.1. The molecule has 0 unspecified atom stereocenters. The zero-order valence-corrected chi connectivity index (χ0v) is 14.4. The van der Waals surface area contributed by atoms with Crippen molar-refractivity contribution in [3.8, 4) is 5.75 Å². The lowest BCUT2D eigenvalue weighted by atomic mass is 10.0. The number of carbonyl (C=O) groups is 2. The molecular weight excluding hydrogens is 336 g/mol. The third-order valence-electron chi connectivity index (χ3n) is 3.53. The number of rotatable bonds is 6. The van der Waals surface area contributed by atoms with Crippen molar-refractivity contribution in [2.75, 3.05) is 12.4 Å². The standard InChI is InChI=1S/C16H21ClN2O3S/c17-12-6-8-13(9-7-12)22-10-15(20)18-19-16(21)11-23-14-4-2-1-3-5-14/h6-9,14H,1-5,10-11H2,(H,18,20)(H,19,21). The lowest BCUT2D eigenvalue weighted by molar-refractivity contribution is -0.128. The van der Waals surface area contributed by atoms with E-state index in [1.807, 2.05) is 0 Å². The highest BCUT2D eigenvalue weighted by Gasteiger charge is 2.15. The molecule has 0 saturated heterocycles. The molecule has 0 aliphatic heterocycles. The first-order valence-corrected chi connectivity index (χ1v) is 9.14. The predicted molar refractivity (Wildman–Crippen MR) is 92.6 cm³/mol. The number of ether oxygens (including phenoxy) is 1. The summed E-state index contributed by atoms with van der Waals surface area (Å²) in [6.45, 7) is -0.169. The van der Waals surface area contributed by atoms with Crippen LogP contribution in [0.25, 0.3) is 0 Å². The minimum absolute atomic E-state index is 0.169. The monoisotopic (exact) mass is 356 g/mol. The first-order valence-electron chi connectivity index (χ1n) is 7.71. The van der Waals surface area contributed by atoms with Gasteiger partial charge < -0.3 is 4.74 Å². The molecule has 2 amide bonds. The van der Waals surface area contributed by atoms with Crippen molar-refractivity contribution in [1.82, 2.24) is 10.9 Å². The zero-order valence-electron chi connectivity index (χ0n) is 12.8. The molecule has 0 radical (unpaired) electrons. The fourth-order valence-corrected chi connectivity index (χ4v) is 3.57. The molecule has 5 nitrogen and oxygen atoms in total. The van der Waals surface area contributed by atoms with Gasteiger partial charge in [0, 0.05) is 10.3 Å². The second kappa shape index (κ2) is 9.67. The summed E-state index contributed by atoms with van der Waals surface area (Å²) in [6, 6.07) is 6.71.